The molecule has 1 aromatic carbocycles. The molecule has 4 heteroatoms. The fraction of sp³-hybridized carbons (Fsp3) is 0.231. The van der Waals surface area contributed by atoms with Gasteiger partial charge >= 0.3 is 0 Å². The highest BCUT2D eigenvalue weighted by Crippen LogP contribution is 2.19. The molecule has 2 rings (SSSR count). The zero-order valence-corrected chi connectivity index (χ0v) is 9.97. The third-order valence-electron chi connectivity index (χ3n) is 2.50. The number of nitrogens with zero attached hydrogens (tertiary/aromatic N) is 2. The molecular formula is C13H15N3O. The fourth-order valence-electron chi connectivity index (χ4n) is 1.64. The first-order chi connectivity index (χ1) is 8.33. The molecule has 0 atom stereocenters. The molecule has 1 heterocycles. The van der Waals surface area contributed by atoms with E-state index in [-0.39, 0.29) is 0 Å². The summed E-state index contributed by atoms with van der Waals surface area (Å²) < 4.78 is 5.30. The van der Waals surface area contributed by atoms with Crippen molar-refractivity contribution in [2.24, 2.45) is 0 Å². The van der Waals surface area contributed by atoms with Crippen LogP contribution in [0.15, 0.2) is 36.5 Å². The zero-order chi connectivity index (χ0) is 12.1. The van der Waals surface area contributed by atoms with Crippen LogP contribution in [-0.2, 0) is 6.42 Å². The van der Waals surface area contributed by atoms with Gasteiger partial charge in [-0.25, -0.2) is 9.97 Å². The van der Waals surface area contributed by atoms with Gasteiger partial charge in [-0.3, -0.25) is 0 Å². The summed E-state index contributed by atoms with van der Waals surface area (Å²) in [5, 5.41) is 3.00. The van der Waals surface area contributed by atoms with Crippen molar-refractivity contribution < 1.29 is 4.74 Å². The Morgan fingerprint density at radius 1 is 1.24 bits per heavy atom. The predicted molar refractivity (Wildman–Crippen MR) is 67.4 cm³/mol. The van der Waals surface area contributed by atoms with Gasteiger partial charge in [0.1, 0.15) is 17.4 Å². The highest BCUT2D eigenvalue weighted by atomic mass is 16.5. The van der Waals surface area contributed by atoms with Crippen molar-refractivity contribution in [2.45, 2.75) is 6.42 Å². The number of anilines is 1. The van der Waals surface area contributed by atoms with E-state index in [1.165, 1.54) is 0 Å². The highest BCUT2D eigenvalue weighted by Gasteiger charge is 2.05. The maximum absolute atomic E-state index is 5.30. The summed E-state index contributed by atoms with van der Waals surface area (Å²) in [7, 11) is 3.51. The van der Waals surface area contributed by atoms with Crippen LogP contribution in [0.2, 0.25) is 0 Å². The first kappa shape index (κ1) is 11.4. The maximum Gasteiger partial charge on any atom is 0.135 e. The van der Waals surface area contributed by atoms with Gasteiger partial charge in [-0.15, -0.1) is 0 Å². The van der Waals surface area contributed by atoms with Crippen LogP contribution >= 0.6 is 0 Å². The normalized spacial score (nSPS) is 10.0. The van der Waals surface area contributed by atoms with Gasteiger partial charge in [0.15, 0.2) is 0 Å². The average Bonchev–Trinajstić information content (AvgIpc) is 2.39. The minimum absolute atomic E-state index is 0.666. The van der Waals surface area contributed by atoms with Crippen molar-refractivity contribution in [2.75, 3.05) is 19.5 Å². The highest BCUT2D eigenvalue weighted by molar-refractivity contribution is 5.37. The topological polar surface area (TPSA) is 47.0 Å². The minimum Gasteiger partial charge on any atom is -0.496 e. The number of aromatic nitrogens is 2. The van der Waals surface area contributed by atoms with E-state index in [2.05, 4.69) is 15.3 Å². The summed E-state index contributed by atoms with van der Waals surface area (Å²) in [4.78, 5) is 8.64. The van der Waals surface area contributed by atoms with Gasteiger partial charge in [0.05, 0.1) is 7.11 Å². The van der Waals surface area contributed by atoms with E-state index in [0.29, 0.717) is 6.42 Å². The van der Waals surface area contributed by atoms with Crippen LogP contribution < -0.4 is 10.1 Å². The zero-order valence-electron chi connectivity index (χ0n) is 9.97. The Balaban J connectivity index is 2.24. The van der Waals surface area contributed by atoms with E-state index < -0.39 is 0 Å². The minimum atomic E-state index is 0.666. The second kappa shape index (κ2) is 5.30. The molecule has 0 amide bonds. The maximum atomic E-state index is 5.30. The molecule has 0 unspecified atom stereocenters. The van der Waals surface area contributed by atoms with Gasteiger partial charge in [0.25, 0.3) is 0 Å². The average molecular weight is 229 g/mol. The number of ether oxygens (including phenoxy) is 1. The summed E-state index contributed by atoms with van der Waals surface area (Å²) in [5.74, 6) is 2.47. The number of hydrogen-bond donors (Lipinski definition) is 1. The summed E-state index contributed by atoms with van der Waals surface area (Å²) in [6, 6.07) is 9.74. The van der Waals surface area contributed by atoms with Crippen molar-refractivity contribution in [1.29, 1.82) is 0 Å². The smallest absolute Gasteiger partial charge is 0.135 e. The van der Waals surface area contributed by atoms with Crippen molar-refractivity contribution in [3.8, 4) is 5.75 Å². The van der Waals surface area contributed by atoms with Gasteiger partial charge in [0, 0.05) is 25.2 Å². The van der Waals surface area contributed by atoms with Crippen LogP contribution in [-0.4, -0.2) is 24.1 Å². The van der Waals surface area contributed by atoms with Crippen molar-refractivity contribution in [3.63, 3.8) is 0 Å². The molecule has 0 aliphatic heterocycles. The molecule has 0 bridgehead atoms. The van der Waals surface area contributed by atoms with E-state index in [1.807, 2.05) is 37.4 Å². The molecule has 1 N–H and O–H groups in total. The molecular weight excluding hydrogens is 214 g/mol. The summed E-state index contributed by atoms with van der Waals surface area (Å²) in [6.45, 7) is 0. The number of benzene rings is 1. The Morgan fingerprint density at radius 3 is 2.82 bits per heavy atom. The molecule has 88 valence electrons. The van der Waals surface area contributed by atoms with E-state index in [9.17, 15) is 0 Å². The molecule has 0 aliphatic carbocycles. The van der Waals surface area contributed by atoms with Gasteiger partial charge in [-0.2, -0.15) is 0 Å². The standard InChI is InChI=1S/C13H15N3O/c1-14-12-7-8-15-13(16-12)9-10-5-3-4-6-11(10)17-2/h3-8H,9H2,1-2H3,(H,14,15,16). The van der Waals surface area contributed by atoms with E-state index in [0.717, 1.165) is 23.0 Å². The summed E-state index contributed by atoms with van der Waals surface area (Å²) in [5.41, 5.74) is 1.09. The predicted octanol–water partition coefficient (Wildman–Crippen LogP) is 2.12. The van der Waals surface area contributed by atoms with Crippen LogP contribution in [0.25, 0.3) is 0 Å². The van der Waals surface area contributed by atoms with Gasteiger partial charge < -0.3 is 10.1 Å². The first-order valence-corrected chi connectivity index (χ1v) is 5.45. The molecule has 0 saturated heterocycles. The Labute approximate surface area is 101 Å². The lowest BCUT2D eigenvalue weighted by Gasteiger charge is -2.07. The molecule has 1 aromatic heterocycles. The molecule has 0 saturated carbocycles. The van der Waals surface area contributed by atoms with Crippen molar-refractivity contribution >= 4 is 5.82 Å². The number of rotatable bonds is 4. The molecule has 0 spiro atoms. The van der Waals surface area contributed by atoms with E-state index >= 15 is 0 Å². The molecule has 0 fully saturated rings. The largest absolute Gasteiger partial charge is 0.496 e. The lowest BCUT2D eigenvalue weighted by Crippen LogP contribution is -2.01. The van der Waals surface area contributed by atoms with Crippen molar-refractivity contribution in [3.05, 3.63) is 47.9 Å². The third kappa shape index (κ3) is 2.72. The lowest BCUT2D eigenvalue weighted by atomic mass is 10.1. The Morgan fingerprint density at radius 2 is 2.06 bits per heavy atom. The Hall–Kier alpha value is -2.10. The number of nitrogens with one attached hydrogen (secondary N) is 1. The number of methoxy groups -OCH3 is 1. The molecule has 17 heavy (non-hydrogen) atoms. The third-order valence-corrected chi connectivity index (χ3v) is 2.50. The second-order valence-electron chi connectivity index (χ2n) is 3.60. The molecule has 2 aromatic rings. The molecule has 4 nitrogen and oxygen atoms in total. The van der Waals surface area contributed by atoms with Gasteiger partial charge in [-0.05, 0) is 12.1 Å². The summed E-state index contributed by atoms with van der Waals surface area (Å²) in [6.07, 6.45) is 2.42. The molecule has 0 radical (unpaired) electrons. The lowest BCUT2D eigenvalue weighted by molar-refractivity contribution is 0.410. The van der Waals surface area contributed by atoms with Crippen molar-refractivity contribution in [1.82, 2.24) is 9.97 Å². The van der Waals surface area contributed by atoms with Crippen LogP contribution in [0, 0.1) is 0 Å². The number of para-hydroxylation sites is 1. The van der Waals surface area contributed by atoms with E-state index in [1.54, 1.807) is 13.3 Å². The fourth-order valence-corrected chi connectivity index (χ4v) is 1.64. The first-order valence-electron chi connectivity index (χ1n) is 5.45. The monoisotopic (exact) mass is 229 g/mol. The summed E-state index contributed by atoms with van der Waals surface area (Å²) >= 11 is 0. The Kier molecular flexibility index (Phi) is 3.55. The van der Waals surface area contributed by atoms with Crippen LogP contribution in [0.4, 0.5) is 5.82 Å². The SMILES string of the molecule is CNc1ccnc(Cc2ccccc2OC)n1. The number of hydrogen-bond acceptors (Lipinski definition) is 4. The van der Waals surface area contributed by atoms with Crippen LogP contribution in [0.3, 0.4) is 0 Å². The van der Waals surface area contributed by atoms with Gasteiger partial charge in [0.2, 0.25) is 0 Å². The second-order valence-corrected chi connectivity index (χ2v) is 3.60. The van der Waals surface area contributed by atoms with Gasteiger partial charge in [-0.1, -0.05) is 18.2 Å². The quantitative estimate of drug-likeness (QED) is 0.872. The van der Waals surface area contributed by atoms with Crippen LogP contribution in [0.1, 0.15) is 11.4 Å². The van der Waals surface area contributed by atoms with E-state index in [4.69, 9.17) is 4.74 Å². The molecule has 0 aliphatic rings. The Bertz CT molecular complexity index is 500. The van der Waals surface area contributed by atoms with Crippen LogP contribution in [0.5, 0.6) is 5.75 Å².